The lowest BCUT2D eigenvalue weighted by molar-refractivity contribution is -0.115. The highest BCUT2D eigenvalue weighted by Gasteiger charge is 2.49. The Bertz CT molecular complexity index is 523. The van der Waals surface area contributed by atoms with Gasteiger partial charge in [-0.25, -0.2) is 4.79 Å². The number of aliphatic hydroxyl groups is 3. The summed E-state index contributed by atoms with van der Waals surface area (Å²) in [5.41, 5.74) is -3.46. The first-order valence-electron chi connectivity index (χ1n) is 4.94. The topological polar surface area (TPSA) is 125 Å². The van der Waals surface area contributed by atoms with Crippen LogP contribution in [-0.4, -0.2) is 50.3 Å². The van der Waals surface area contributed by atoms with Gasteiger partial charge in [0, 0.05) is 12.3 Å². The number of ether oxygens (including phenoxy) is 1. The summed E-state index contributed by atoms with van der Waals surface area (Å²) < 4.78 is 5.74. The summed E-state index contributed by atoms with van der Waals surface area (Å²) in [6, 6.07) is 1.04. The van der Waals surface area contributed by atoms with Crippen LogP contribution >= 0.6 is 0 Å². The van der Waals surface area contributed by atoms with Gasteiger partial charge in [0.05, 0.1) is 13.2 Å². The zero-order valence-electron chi connectivity index (χ0n) is 8.74. The number of aliphatic hydroxyl groups excluding tert-OH is 2. The summed E-state index contributed by atoms with van der Waals surface area (Å²) in [6.45, 7) is -0.840. The lowest BCUT2D eigenvalue weighted by atomic mass is 10.1. The number of H-pyrrole nitrogens is 1. The van der Waals surface area contributed by atoms with Gasteiger partial charge in [-0.05, 0) is 0 Å². The van der Waals surface area contributed by atoms with Crippen molar-refractivity contribution in [3.8, 4) is 0 Å². The molecule has 0 amide bonds. The number of nitrogens with zero attached hydrogens (tertiary/aromatic N) is 1. The standard InChI is InChI=1S/C9H12N2O6/c12-3-5-7(14)9(16,4-17-5)11-2-1-6(13)10-8(11)15/h1-2,5,7,12,14,16H,3-4H2,(H,10,13,15)/t5-,7-,9-/m1/s1. The maximum absolute atomic E-state index is 11.5. The largest absolute Gasteiger partial charge is 0.394 e. The molecule has 8 nitrogen and oxygen atoms in total. The molecule has 2 heterocycles. The first-order valence-corrected chi connectivity index (χ1v) is 4.94. The molecule has 0 bridgehead atoms. The number of hydrogen-bond acceptors (Lipinski definition) is 6. The summed E-state index contributed by atoms with van der Waals surface area (Å²) in [5.74, 6) is 0. The van der Waals surface area contributed by atoms with Gasteiger partial charge in [0.2, 0.25) is 0 Å². The van der Waals surface area contributed by atoms with Crippen molar-refractivity contribution in [2.24, 2.45) is 0 Å². The van der Waals surface area contributed by atoms with Crippen molar-refractivity contribution in [1.82, 2.24) is 9.55 Å². The molecule has 1 saturated heterocycles. The third kappa shape index (κ3) is 1.80. The fourth-order valence-electron chi connectivity index (χ4n) is 1.79. The first-order chi connectivity index (χ1) is 7.99. The molecule has 2 rings (SSSR count). The van der Waals surface area contributed by atoms with Crippen LogP contribution in [-0.2, 0) is 10.5 Å². The Morgan fingerprint density at radius 3 is 2.82 bits per heavy atom. The van der Waals surface area contributed by atoms with E-state index in [1.807, 2.05) is 4.98 Å². The van der Waals surface area contributed by atoms with E-state index < -0.39 is 35.8 Å². The first kappa shape index (κ1) is 12.0. The lowest BCUT2D eigenvalue weighted by Crippen LogP contribution is -2.52. The van der Waals surface area contributed by atoms with E-state index in [1.54, 1.807) is 0 Å². The average Bonchev–Trinajstić information content (AvgIpc) is 2.56. The molecular weight excluding hydrogens is 232 g/mol. The van der Waals surface area contributed by atoms with Crippen molar-refractivity contribution < 1.29 is 20.1 Å². The molecule has 3 atom stereocenters. The molecule has 1 aliphatic rings. The van der Waals surface area contributed by atoms with Gasteiger partial charge in [-0.3, -0.25) is 14.3 Å². The van der Waals surface area contributed by atoms with Crippen molar-refractivity contribution >= 4 is 0 Å². The second-order valence-electron chi connectivity index (χ2n) is 3.84. The van der Waals surface area contributed by atoms with Crippen LogP contribution in [0, 0.1) is 0 Å². The number of aromatic amines is 1. The number of hydrogen-bond donors (Lipinski definition) is 4. The highest BCUT2D eigenvalue weighted by Crippen LogP contribution is 2.27. The third-order valence-electron chi connectivity index (χ3n) is 2.76. The molecule has 1 aromatic rings. The molecule has 0 unspecified atom stereocenters. The molecule has 4 N–H and O–H groups in total. The molecule has 1 fully saturated rings. The van der Waals surface area contributed by atoms with Crippen LogP contribution in [0.4, 0.5) is 0 Å². The minimum atomic E-state index is -1.99. The molecule has 8 heteroatoms. The third-order valence-corrected chi connectivity index (χ3v) is 2.76. The van der Waals surface area contributed by atoms with Crippen molar-refractivity contribution in [2.75, 3.05) is 13.2 Å². The zero-order chi connectivity index (χ0) is 12.6. The SMILES string of the molecule is O=c1ccn([C@@]2(O)CO[C@H](CO)[C@H]2O)c(=O)[nH]1. The van der Waals surface area contributed by atoms with E-state index in [4.69, 9.17) is 9.84 Å². The van der Waals surface area contributed by atoms with Crippen LogP contribution in [0.5, 0.6) is 0 Å². The fourth-order valence-corrected chi connectivity index (χ4v) is 1.79. The molecule has 0 spiro atoms. The van der Waals surface area contributed by atoms with Gasteiger partial charge >= 0.3 is 5.69 Å². The Morgan fingerprint density at radius 1 is 1.59 bits per heavy atom. The molecular formula is C9H12N2O6. The normalized spacial score (nSPS) is 32.9. The minimum Gasteiger partial charge on any atom is -0.394 e. The van der Waals surface area contributed by atoms with Crippen molar-refractivity contribution in [1.29, 1.82) is 0 Å². The molecule has 0 radical (unpaired) electrons. The summed E-state index contributed by atoms with van der Waals surface area (Å²) in [7, 11) is 0. The smallest absolute Gasteiger partial charge is 0.330 e. The van der Waals surface area contributed by atoms with Crippen LogP contribution in [0.15, 0.2) is 21.9 Å². The predicted octanol–water partition coefficient (Wildman–Crippen LogP) is -3.07. The Hall–Kier alpha value is -1.48. The van der Waals surface area contributed by atoms with E-state index in [-0.39, 0.29) is 6.61 Å². The van der Waals surface area contributed by atoms with E-state index in [0.717, 1.165) is 16.8 Å². The summed E-state index contributed by atoms with van der Waals surface area (Å²) in [4.78, 5) is 24.3. The minimum absolute atomic E-state index is 0.356. The number of aromatic nitrogens is 2. The quantitative estimate of drug-likeness (QED) is 0.437. The number of nitrogens with one attached hydrogen (secondary N) is 1. The zero-order valence-corrected chi connectivity index (χ0v) is 8.74. The van der Waals surface area contributed by atoms with E-state index in [0.29, 0.717) is 0 Å². The molecule has 1 aromatic heterocycles. The Balaban J connectivity index is 2.46. The second kappa shape index (κ2) is 4.08. The van der Waals surface area contributed by atoms with Gasteiger partial charge in [-0.2, -0.15) is 0 Å². The Kier molecular flexibility index (Phi) is 2.87. The van der Waals surface area contributed by atoms with Gasteiger partial charge < -0.3 is 20.1 Å². The molecule has 0 saturated carbocycles. The monoisotopic (exact) mass is 244 g/mol. The van der Waals surface area contributed by atoms with Gasteiger partial charge in [0.1, 0.15) is 12.2 Å². The van der Waals surface area contributed by atoms with E-state index in [2.05, 4.69) is 0 Å². The van der Waals surface area contributed by atoms with Crippen molar-refractivity contribution in [2.45, 2.75) is 17.9 Å². The van der Waals surface area contributed by atoms with E-state index in [9.17, 15) is 19.8 Å². The van der Waals surface area contributed by atoms with E-state index >= 15 is 0 Å². The van der Waals surface area contributed by atoms with Crippen molar-refractivity contribution in [3.05, 3.63) is 33.1 Å². The summed E-state index contributed by atoms with van der Waals surface area (Å²) in [6.07, 6.45) is -1.37. The molecule has 17 heavy (non-hydrogen) atoms. The van der Waals surface area contributed by atoms with Crippen molar-refractivity contribution in [3.63, 3.8) is 0 Å². The fraction of sp³-hybridized carbons (Fsp3) is 0.556. The Morgan fingerprint density at radius 2 is 2.29 bits per heavy atom. The van der Waals surface area contributed by atoms with Crippen LogP contribution in [0.2, 0.25) is 0 Å². The number of rotatable bonds is 2. The van der Waals surface area contributed by atoms with Gasteiger partial charge in [0.15, 0.2) is 5.72 Å². The maximum atomic E-state index is 11.5. The molecule has 0 aliphatic carbocycles. The molecule has 1 aliphatic heterocycles. The highest BCUT2D eigenvalue weighted by atomic mass is 16.5. The molecule has 0 aromatic carbocycles. The maximum Gasteiger partial charge on any atom is 0.330 e. The highest BCUT2D eigenvalue weighted by molar-refractivity contribution is 4.97. The lowest BCUT2D eigenvalue weighted by Gasteiger charge is -2.27. The average molecular weight is 244 g/mol. The van der Waals surface area contributed by atoms with Gasteiger partial charge in [0.25, 0.3) is 5.56 Å². The van der Waals surface area contributed by atoms with Crippen LogP contribution in [0.3, 0.4) is 0 Å². The predicted molar refractivity (Wildman–Crippen MR) is 54.3 cm³/mol. The van der Waals surface area contributed by atoms with E-state index in [1.165, 1.54) is 0 Å². The summed E-state index contributed by atoms with van der Waals surface area (Å²) in [5, 5.41) is 28.8. The van der Waals surface area contributed by atoms with Gasteiger partial charge in [-0.15, -0.1) is 0 Å². The second-order valence-corrected chi connectivity index (χ2v) is 3.84. The summed E-state index contributed by atoms with van der Waals surface area (Å²) >= 11 is 0. The van der Waals surface area contributed by atoms with Crippen LogP contribution < -0.4 is 11.2 Å². The van der Waals surface area contributed by atoms with Gasteiger partial charge in [-0.1, -0.05) is 0 Å². The molecule has 94 valence electrons. The van der Waals surface area contributed by atoms with Crippen LogP contribution in [0.25, 0.3) is 0 Å². The Labute approximate surface area is 94.7 Å². The van der Waals surface area contributed by atoms with Crippen LogP contribution in [0.1, 0.15) is 0 Å².